The Bertz CT molecular complexity index is 1440. The first kappa shape index (κ1) is 23.8. The van der Waals surface area contributed by atoms with Gasteiger partial charge < -0.3 is 9.47 Å². The third-order valence-electron chi connectivity index (χ3n) is 6.91. The van der Waals surface area contributed by atoms with E-state index < -0.39 is 18.1 Å². The number of hydroxylamine groups is 1. The molecule has 0 spiro atoms. The zero-order valence-electron chi connectivity index (χ0n) is 20.8. The van der Waals surface area contributed by atoms with E-state index in [4.69, 9.17) is 14.3 Å². The quantitative estimate of drug-likeness (QED) is 0.316. The van der Waals surface area contributed by atoms with E-state index in [0.29, 0.717) is 23.8 Å². The molecule has 38 heavy (non-hydrogen) atoms. The van der Waals surface area contributed by atoms with Crippen LogP contribution in [0, 0.1) is 5.92 Å². The molecule has 2 fully saturated rings. The van der Waals surface area contributed by atoms with Crippen LogP contribution >= 0.6 is 0 Å². The first-order chi connectivity index (χ1) is 18.6. The molecule has 0 aliphatic carbocycles. The Morgan fingerprint density at radius 2 is 1.42 bits per heavy atom. The van der Waals surface area contributed by atoms with Crippen LogP contribution in [0.2, 0.25) is 0 Å². The molecule has 190 valence electrons. The molecule has 2 aliphatic heterocycles. The van der Waals surface area contributed by atoms with Gasteiger partial charge >= 0.3 is 0 Å². The normalized spacial score (nSPS) is 20.5. The molecule has 3 atom stereocenters. The van der Waals surface area contributed by atoms with E-state index >= 15 is 0 Å². The summed E-state index contributed by atoms with van der Waals surface area (Å²) in [5.41, 5.74) is 3.16. The number of carbonyl (C=O) groups excluding carboxylic acids is 2. The lowest BCUT2D eigenvalue weighted by Gasteiger charge is -2.29. The van der Waals surface area contributed by atoms with Gasteiger partial charge in [-0.15, -0.1) is 0 Å². The Labute approximate surface area is 220 Å². The van der Waals surface area contributed by atoms with Crippen LogP contribution in [0.4, 0.5) is 11.4 Å². The van der Waals surface area contributed by atoms with Gasteiger partial charge in [0.25, 0.3) is 5.91 Å². The summed E-state index contributed by atoms with van der Waals surface area (Å²) >= 11 is 0. The number of hydrogen-bond acceptors (Lipinski definition) is 6. The van der Waals surface area contributed by atoms with Gasteiger partial charge in [-0.3, -0.25) is 14.4 Å². The van der Waals surface area contributed by atoms with Crippen LogP contribution in [-0.2, 0) is 21.0 Å². The number of benzene rings is 4. The summed E-state index contributed by atoms with van der Waals surface area (Å²) in [6.07, 6.45) is -0.937. The number of anilines is 2. The highest BCUT2D eigenvalue weighted by Crippen LogP contribution is 2.48. The zero-order chi connectivity index (χ0) is 26.1. The largest absolute Gasteiger partial charge is 0.497 e. The molecule has 7 nitrogen and oxygen atoms in total. The highest BCUT2D eigenvalue weighted by Gasteiger charge is 2.60. The molecule has 7 heteroatoms. The summed E-state index contributed by atoms with van der Waals surface area (Å²) in [5.74, 6) is -0.133. The van der Waals surface area contributed by atoms with Crippen molar-refractivity contribution in [3.8, 4) is 11.5 Å². The number of para-hydroxylation sites is 1. The molecular weight excluding hydrogens is 480 g/mol. The van der Waals surface area contributed by atoms with E-state index in [2.05, 4.69) is 0 Å². The number of carbonyl (C=O) groups is 2. The van der Waals surface area contributed by atoms with Crippen molar-refractivity contribution < 1.29 is 23.9 Å². The predicted octanol–water partition coefficient (Wildman–Crippen LogP) is 5.33. The van der Waals surface area contributed by atoms with Gasteiger partial charge in [-0.2, -0.15) is 0 Å². The standard InChI is InChI=1S/C31H26N2O5/c1-36-26-14-8-13-24(19-26)32-30(34)27-28(33(38-29(27)31(32)35)23-11-6-3-7-12-23)22-15-17-25(18-16-22)37-20-21-9-4-2-5-10-21/h2-19,27-29H,20H2,1H3/t27-,28+,29+/m1/s1. The van der Waals surface area contributed by atoms with Crippen molar-refractivity contribution in [2.75, 3.05) is 17.1 Å². The fourth-order valence-corrected chi connectivity index (χ4v) is 5.06. The molecular formula is C31H26N2O5. The SMILES string of the molecule is COc1cccc(N2C(=O)[C@H]3[C@H](ON(c4ccccc4)[C@H]3c3ccc(OCc4ccccc4)cc3)C2=O)c1. The molecule has 0 saturated carbocycles. The number of nitrogens with zero attached hydrogens (tertiary/aromatic N) is 2. The Balaban J connectivity index is 1.31. The summed E-state index contributed by atoms with van der Waals surface area (Å²) in [6.45, 7) is 0.454. The minimum Gasteiger partial charge on any atom is -0.497 e. The number of fused-ring (bicyclic) bond motifs is 1. The van der Waals surface area contributed by atoms with Crippen molar-refractivity contribution in [3.63, 3.8) is 0 Å². The Kier molecular flexibility index (Phi) is 6.27. The van der Waals surface area contributed by atoms with Gasteiger partial charge in [-0.25, -0.2) is 9.96 Å². The van der Waals surface area contributed by atoms with Crippen molar-refractivity contribution in [3.05, 3.63) is 120 Å². The lowest BCUT2D eigenvalue weighted by atomic mass is 9.90. The number of methoxy groups -OCH3 is 1. The van der Waals surface area contributed by atoms with Gasteiger partial charge in [0.15, 0.2) is 6.10 Å². The molecule has 4 aromatic carbocycles. The first-order valence-electron chi connectivity index (χ1n) is 12.4. The maximum atomic E-state index is 13.8. The van der Waals surface area contributed by atoms with Crippen LogP contribution in [0.3, 0.4) is 0 Å². The van der Waals surface area contributed by atoms with Gasteiger partial charge in [-0.1, -0.05) is 66.7 Å². The molecule has 2 saturated heterocycles. The minimum atomic E-state index is -0.937. The average molecular weight is 507 g/mol. The van der Waals surface area contributed by atoms with Crippen molar-refractivity contribution in [1.82, 2.24) is 0 Å². The van der Waals surface area contributed by atoms with Crippen molar-refractivity contribution in [2.24, 2.45) is 5.92 Å². The molecule has 2 aliphatic rings. The van der Waals surface area contributed by atoms with E-state index in [1.165, 1.54) is 4.90 Å². The van der Waals surface area contributed by atoms with Crippen LogP contribution in [0.25, 0.3) is 0 Å². The topological polar surface area (TPSA) is 68.3 Å². The monoisotopic (exact) mass is 506 g/mol. The predicted molar refractivity (Wildman–Crippen MR) is 143 cm³/mol. The second kappa shape index (κ2) is 10.0. The van der Waals surface area contributed by atoms with Crippen molar-refractivity contribution in [1.29, 1.82) is 0 Å². The molecule has 0 unspecified atom stereocenters. The minimum absolute atomic E-state index is 0.305. The van der Waals surface area contributed by atoms with E-state index in [-0.39, 0.29) is 11.8 Å². The van der Waals surface area contributed by atoms with E-state index in [1.54, 1.807) is 36.4 Å². The summed E-state index contributed by atoms with van der Waals surface area (Å²) in [7, 11) is 1.55. The maximum absolute atomic E-state index is 13.8. The fraction of sp³-hybridized carbons (Fsp3) is 0.161. The Hall–Kier alpha value is -4.62. The smallest absolute Gasteiger partial charge is 0.266 e. The molecule has 0 N–H and O–H groups in total. The molecule has 6 rings (SSSR count). The van der Waals surface area contributed by atoms with Crippen LogP contribution < -0.4 is 19.4 Å². The third-order valence-corrected chi connectivity index (χ3v) is 6.91. The lowest BCUT2D eigenvalue weighted by molar-refractivity contribution is -0.126. The van der Waals surface area contributed by atoms with E-state index in [1.807, 2.05) is 84.9 Å². The highest BCUT2D eigenvalue weighted by molar-refractivity contribution is 6.24. The number of imide groups is 1. The van der Waals surface area contributed by atoms with Crippen LogP contribution in [0.5, 0.6) is 11.5 Å². The number of ether oxygens (including phenoxy) is 2. The Morgan fingerprint density at radius 1 is 0.737 bits per heavy atom. The Morgan fingerprint density at radius 3 is 2.13 bits per heavy atom. The van der Waals surface area contributed by atoms with Gasteiger partial charge in [0.2, 0.25) is 5.91 Å². The van der Waals surface area contributed by atoms with Gasteiger partial charge in [0.05, 0.1) is 24.5 Å². The van der Waals surface area contributed by atoms with Crippen molar-refractivity contribution >= 4 is 23.2 Å². The summed E-state index contributed by atoms with van der Waals surface area (Å²) in [4.78, 5) is 34.8. The zero-order valence-corrected chi connectivity index (χ0v) is 20.8. The molecule has 2 heterocycles. The van der Waals surface area contributed by atoms with Crippen LogP contribution in [0.1, 0.15) is 17.2 Å². The fourth-order valence-electron chi connectivity index (χ4n) is 5.06. The average Bonchev–Trinajstić information content (AvgIpc) is 3.48. The first-order valence-corrected chi connectivity index (χ1v) is 12.4. The van der Waals surface area contributed by atoms with Crippen molar-refractivity contribution in [2.45, 2.75) is 18.8 Å². The number of amides is 2. The number of rotatable bonds is 7. The summed E-state index contributed by atoms with van der Waals surface area (Å²) < 4.78 is 11.3. The van der Waals surface area contributed by atoms with E-state index in [9.17, 15) is 9.59 Å². The van der Waals surface area contributed by atoms with Crippen LogP contribution in [-0.4, -0.2) is 25.0 Å². The second-order valence-corrected chi connectivity index (χ2v) is 9.21. The molecule has 4 aromatic rings. The van der Waals surface area contributed by atoms with E-state index in [0.717, 1.165) is 16.8 Å². The van der Waals surface area contributed by atoms with Crippen LogP contribution in [0.15, 0.2) is 109 Å². The summed E-state index contributed by atoms with van der Waals surface area (Å²) in [6, 6.07) is 33.5. The van der Waals surface area contributed by atoms with Gasteiger partial charge in [0, 0.05) is 6.07 Å². The third kappa shape index (κ3) is 4.27. The second-order valence-electron chi connectivity index (χ2n) is 9.21. The lowest BCUT2D eigenvalue weighted by Crippen LogP contribution is -2.37. The molecule has 0 radical (unpaired) electrons. The molecule has 0 aromatic heterocycles. The maximum Gasteiger partial charge on any atom is 0.266 e. The molecule has 2 amide bonds. The molecule has 0 bridgehead atoms. The van der Waals surface area contributed by atoms with Gasteiger partial charge in [0.1, 0.15) is 24.0 Å². The van der Waals surface area contributed by atoms with Gasteiger partial charge in [-0.05, 0) is 47.5 Å². The number of hydrogen-bond donors (Lipinski definition) is 0. The summed E-state index contributed by atoms with van der Waals surface area (Å²) in [5, 5.41) is 1.69. The highest BCUT2D eigenvalue weighted by atomic mass is 16.7.